The van der Waals surface area contributed by atoms with E-state index >= 15 is 0 Å². The van der Waals surface area contributed by atoms with Gasteiger partial charge in [0, 0.05) is 57.6 Å². The molecule has 0 bridgehead atoms. The number of nitrogens with zero attached hydrogens (tertiary/aromatic N) is 3. The first-order chi connectivity index (χ1) is 13.8. The Kier molecular flexibility index (Phi) is 6.91. The van der Waals surface area contributed by atoms with Crippen molar-refractivity contribution in [2.45, 2.75) is 0 Å². The lowest BCUT2D eigenvalue weighted by atomic mass is 10.0. The molecule has 1 heterocycles. The lowest BCUT2D eigenvalue weighted by Gasteiger charge is -2.31. The quantitative estimate of drug-likeness (QED) is 0.272. The van der Waals surface area contributed by atoms with E-state index in [0.717, 1.165) is 17.8 Å². The molecule has 0 radical (unpaired) electrons. The number of piperazine rings is 1. The zero-order valence-corrected chi connectivity index (χ0v) is 18.9. The van der Waals surface area contributed by atoms with Gasteiger partial charge in [0.05, 0.1) is 0 Å². The van der Waals surface area contributed by atoms with E-state index in [1.165, 1.54) is 0 Å². The summed E-state index contributed by atoms with van der Waals surface area (Å²) in [5.74, 6) is 0.153. The van der Waals surface area contributed by atoms with Crippen LogP contribution >= 0.6 is 31.9 Å². The van der Waals surface area contributed by atoms with Gasteiger partial charge in [-0.15, -0.1) is 0 Å². The van der Waals surface area contributed by atoms with Crippen LogP contribution < -0.4 is 5.48 Å². The second kappa shape index (κ2) is 9.23. The number of carbonyl (C=O) groups is 1. The predicted octanol–water partition coefficient (Wildman–Crippen LogP) is 2.77. The molecule has 2 aliphatic rings. The van der Waals surface area contributed by atoms with Gasteiger partial charge in [-0.3, -0.25) is 5.21 Å². The fourth-order valence-electron chi connectivity index (χ4n) is 2.99. The summed E-state index contributed by atoms with van der Waals surface area (Å²) >= 11 is 6.71. The van der Waals surface area contributed by atoms with E-state index in [2.05, 4.69) is 43.3 Å². The minimum absolute atomic E-state index is 0.153. The molecule has 3 rings (SSSR count). The minimum Gasteiger partial charge on any atom is -0.630 e. The minimum atomic E-state index is -0.494. The molecule has 10 heteroatoms. The lowest BCUT2D eigenvalue weighted by Crippen LogP contribution is -2.70. The van der Waals surface area contributed by atoms with Crippen LogP contribution in [0.1, 0.15) is 0 Å². The molecule has 0 unspecified atom stereocenters. The first-order valence-corrected chi connectivity index (χ1v) is 10.4. The maximum atomic E-state index is 12.6. The molecule has 8 nitrogen and oxygen atoms in total. The largest absolute Gasteiger partial charge is 0.630 e. The number of quaternary nitrogens is 1. The SMILES string of the molecule is C=C1C=CC=C(OC(=O)N2CCN(C)CC2)/C1=[N+](\O)c1cc(Br)c(Br)cc1[NH2+][O-]. The van der Waals surface area contributed by atoms with Gasteiger partial charge in [-0.2, -0.15) is 0 Å². The number of rotatable bonds is 3. The van der Waals surface area contributed by atoms with E-state index in [4.69, 9.17) is 4.74 Å². The van der Waals surface area contributed by atoms with Gasteiger partial charge in [0.15, 0.2) is 0 Å². The summed E-state index contributed by atoms with van der Waals surface area (Å²) in [6.07, 6.45) is 4.45. The van der Waals surface area contributed by atoms with E-state index in [0.29, 0.717) is 33.1 Å². The lowest BCUT2D eigenvalue weighted by molar-refractivity contribution is -0.716. The van der Waals surface area contributed by atoms with E-state index in [1.807, 2.05) is 7.05 Å². The van der Waals surface area contributed by atoms with Crippen molar-refractivity contribution in [2.24, 2.45) is 0 Å². The number of nitrogens with two attached hydrogens (primary N) is 1. The number of benzene rings is 1. The number of halogens is 2. The van der Waals surface area contributed by atoms with E-state index in [1.54, 1.807) is 35.3 Å². The Balaban J connectivity index is 1.95. The summed E-state index contributed by atoms with van der Waals surface area (Å²) in [6.45, 7) is 6.58. The van der Waals surface area contributed by atoms with Crippen LogP contribution in [-0.4, -0.2) is 64.8 Å². The van der Waals surface area contributed by atoms with Crippen LogP contribution in [0.25, 0.3) is 0 Å². The zero-order valence-electron chi connectivity index (χ0n) is 15.8. The summed E-state index contributed by atoms with van der Waals surface area (Å²) in [6, 6.07) is 3.17. The number of hydrogen-bond donors (Lipinski definition) is 2. The van der Waals surface area contributed by atoms with Gasteiger partial charge in [0.2, 0.25) is 11.4 Å². The van der Waals surface area contributed by atoms with Crippen LogP contribution in [0.15, 0.2) is 57.2 Å². The van der Waals surface area contributed by atoms with Crippen molar-refractivity contribution in [1.82, 2.24) is 9.80 Å². The molecule has 154 valence electrons. The summed E-state index contributed by atoms with van der Waals surface area (Å²) in [7, 11) is 2.00. The van der Waals surface area contributed by atoms with Crippen molar-refractivity contribution < 1.29 is 25.0 Å². The Morgan fingerprint density at radius 2 is 1.93 bits per heavy atom. The highest BCUT2D eigenvalue weighted by molar-refractivity contribution is 9.13. The normalized spacial score (nSPS) is 19.2. The molecule has 0 saturated carbocycles. The average Bonchev–Trinajstić information content (AvgIpc) is 2.70. The number of ether oxygens (including phenoxy) is 1. The summed E-state index contributed by atoms with van der Waals surface area (Å²) in [5.41, 5.74) is 1.74. The third-order valence-corrected chi connectivity index (χ3v) is 6.52. The third kappa shape index (κ3) is 4.78. The first kappa shape index (κ1) is 21.7. The molecule has 1 amide bonds. The van der Waals surface area contributed by atoms with E-state index in [-0.39, 0.29) is 22.8 Å². The highest BCUT2D eigenvalue weighted by Gasteiger charge is 2.33. The van der Waals surface area contributed by atoms with Crippen LogP contribution in [0.5, 0.6) is 0 Å². The number of carbonyl (C=O) groups excluding carboxylic acids is 1. The van der Waals surface area contributed by atoms with Crippen LogP contribution in [0.3, 0.4) is 0 Å². The predicted molar refractivity (Wildman–Crippen MR) is 115 cm³/mol. The van der Waals surface area contributed by atoms with Crippen LogP contribution in [0, 0.1) is 5.21 Å². The molecule has 0 spiro atoms. The van der Waals surface area contributed by atoms with Crippen molar-refractivity contribution in [3.05, 3.63) is 62.4 Å². The van der Waals surface area contributed by atoms with Crippen LogP contribution in [0.2, 0.25) is 0 Å². The molecule has 1 fully saturated rings. The second-order valence-electron chi connectivity index (χ2n) is 6.68. The molecule has 0 aromatic heterocycles. The van der Waals surface area contributed by atoms with Crippen molar-refractivity contribution >= 4 is 55.0 Å². The Bertz CT molecular complexity index is 934. The molecule has 3 N–H and O–H groups in total. The highest BCUT2D eigenvalue weighted by Crippen LogP contribution is 2.33. The Morgan fingerprint density at radius 3 is 2.59 bits per heavy atom. The molecule has 1 saturated heterocycles. The molecule has 1 aliphatic heterocycles. The maximum absolute atomic E-state index is 12.6. The average molecular weight is 529 g/mol. The van der Waals surface area contributed by atoms with Gasteiger partial charge in [-0.25, -0.2) is 4.79 Å². The van der Waals surface area contributed by atoms with Crippen molar-refractivity contribution in [3.63, 3.8) is 0 Å². The van der Waals surface area contributed by atoms with Gasteiger partial charge in [0.25, 0.3) is 0 Å². The second-order valence-corrected chi connectivity index (χ2v) is 8.39. The Morgan fingerprint density at radius 1 is 1.28 bits per heavy atom. The highest BCUT2D eigenvalue weighted by atomic mass is 79.9. The topological polar surface area (TPSA) is 95.7 Å². The van der Waals surface area contributed by atoms with Crippen molar-refractivity contribution in [2.75, 3.05) is 33.2 Å². The monoisotopic (exact) mass is 527 g/mol. The first-order valence-electron chi connectivity index (χ1n) is 8.85. The molecular weight excluding hydrogens is 508 g/mol. The molecule has 1 aromatic carbocycles. The van der Waals surface area contributed by atoms with Crippen molar-refractivity contribution in [1.29, 1.82) is 0 Å². The van der Waals surface area contributed by atoms with Gasteiger partial charge < -0.3 is 25.2 Å². The van der Waals surface area contributed by atoms with Gasteiger partial charge in [-0.1, -0.05) is 12.7 Å². The van der Waals surface area contributed by atoms with Gasteiger partial charge in [-0.05, 0) is 51.1 Å². The number of hydrogen-bond acceptors (Lipinski definition) is 5. The summed E-state index contributed by atoms with van der Waals surface area (Å²) in [5, 5.41) is 22.4. The fraction of sp³-hybridized carbons (Fsp3) is 0.263. The third-order valence-electron chi connectivity index (χ3n) is 4.68. The van der Waals surface area contributed by atoms with Gasteiger partial charge in [0.1, 0.15) is 0 Å². The van der Waals surface area contributed by atoms with E-state index in [9.17, 15) is 15.2 Å². The molecule has 1 aromatic rings. The summed E-state index contributed by atoms with van der Waals surface area (Å²) in [4.78, 5) is 16.4. The molecule has 29 heavy (non-hydrogen) atoms. The fourth-order valence-corrected chi connectivity index (χ4v) is 3.68. The van der Waals surface area contributed by atoms with E-state index < -0.39 is 6.09 Å². The maximum Gasteiger partial charge on any atom is 0.415 e. The number of allylic oxidation sites excluding steroid dienone is 4. The molecule has 0 atom stereocenters. The summed E-state index contributed by atoms with van der Waals surface area (Å²) < 4.78 is 7.72. The smallest absolute Gasteiger partial charge is 0.415 e. The molecular formula is C19H21Br2N4O4+. The van der Waals surface area contributed by atoms with Crippen molar-refractivity contribution in [3.8, 4) is 0 Å². The standard InChI is InChI=1S/C19H21Br2N4O4/c1-12-4-3-5-17(29-19(26)24-8-6-23(2)7-9-24)18(12)25(28)16-11-14(21)13(20)10-15(16)22-27/h3-5,10-11,28H,1,6-9,22H2,2H3/q+1/b25-18-. The molecule has 1 aliphatic carbocycles. The Hall–Kier alpha value is -1.98. The van der Waals surface area contributed by atoms with Crippen LogP contribution in [0.4, 0.5) is 16.2 Å². The number of amides is 1. The number of likely N-dealkylation sites (N-methyl/N-ethyl adjacent to an activating group) is 1. The van der Waals surface area contributed by atoms with Gasteiger partial charge >= 0.3 is 17.5 Å². The zero-order chi connectivity index (χ0) is 21.1. The van der Waals surface area contributed by atoms with Crippen LogP contribution in [-0.2, 0) is 4.74 Å². The Labute approximate surface area is 185 Å².